The summed E-state index contributed by atoms with van der Waals surface area (Å²) in [6, 6.07) is 1.55. The zero-order valence-corrected chi connectivity index (χ0v) is 14.3. The third kappa shape index (κ3) is 4.24. The van der Waals surface area contributed by atoms with E-state index in [1.165, 1.54) is 0 Å². The van der Waals surface area contributed by atoms with Crippen molar-refractivity contribution in [2.24, 2.45) is 0 Å². The quantitative estimate of drug-likeness (QED) is 0.915. The summed E-state index contributed by atoms with van der Waals surface area (Å²) in [6.45, 7) is 11.0. The Morgan fingerprint density at radius 3 is 2.42 bits per heavy atom. The van der Waals surface area contributed by atoms with Crippen LogP contribution in [0.5, 0.6) is 0 Å². The Balaban J connectivity index is 2.08. The summed E-state index contributed by atoms with van der Waals surface area (Å²) in [6.07, 6.45) is 2.80. The molecular formula is C17H23N3O4. The molecule has 1 saturated heterocycles. The molecule has 7 nitrogen and oxygen atoms in total. The number of nitrogens with zero attached hydrogens (tertiary/aromatic N) is 3. The predicted molar refractivity (Wildman–Crippen MR) is 91.3 cm³/mol. The van der Waals surface area contributed by atoms with Crippen LogP contribution in [-0.2, 0) is 4.74 Å². The Labute approximate surface area is 141 Å². The van der Waals surface area contributed by atoms with Gasteiger partial charge in [-0.1, -0.05) is 12.7 Å². The van der Waals surface area contributed by atoms with Crippen LogP contribution < -0.4 is 4.90 Å². The highest BCUT2D eigenvalue weighted by atomic mass is 16.6. The van der Waals surface area contributed by atoms with E-state index in [1.807, 2.05) is 25.7 Å². The maximum Gasteiger partial charge on any atom is 0.410 e. The number of carbonyl (C=O) groups is 2. The SMILES string of the molecule is C=Cc1cnc(N2CCN(C(=O)OC(C)(C)C)CC2)c(C(=O)O)c1. The van der Waals surface area contributed by atoms with Crippen molar-refractivity contribution in [2.75, 3.05) is 31.1 Å². The van der Waals surface area contributed by atoms with Crippen molar-refractivity contribution in [1.82, 2.24) is 9.88 Å². The van der Waals surface area contributed by atoms with Crippen molar-refractivity contribution < 1.29 is 19.4 Å². The average Bonchev–Trinajstić information content (AvgIpc) is 2.52. The maximum atomic E-state index is 12.1. The number of ether oxygens (including phenoxy) is 1. The molecule has 0 unspecified atom stereocenters. The number of amides is 1. The number of carboxylic acids is 1. The second kappa shape index (κ2) is 6.90. The number of aromatic carboxylic acids is 1. The van der Waals surface area contributed by atoms with Gasteiger partial charge in [0.05, 0.1) is 0 Å². The number of piperazine rings is 1. The van der Waals surface area contributed by atoms with E-state index in [-0.39, 0.29) is 11.7 Å². The van der Waals surface area contributed by atoms with E-state index in [2.05, 4.69) is 11.6 Å². The highest BCUT2D eigenvalue weighted by Crippen LogP contribution is 2.22. The lowest BCUT2D eigenvalue weighted by Gasteiger charge is -2.36. The van der Waals surface area contributed by atoms with Crippen molar-refractivity contribution in [1.29, 1.82) is 0 Å². The number of hydrogen-bond donors (Lipinski definition) is 1. The van der Waals surface area contributed by atoms with Crippen molar-refractivity contribution in [3.8, 4) is 0 Å². The van der Waals surface area contributed by atoms with E-state index in [9.17, 15) is 14.7 Å². The Kier molecular flexibility index (Phi) is 5.11. The number of pyridine rings is 1. The van der Waals surface area contributed by atoms with Crippen molar-refractivity contribution in [3.05, 3.63) is 30.0 Å². The fourth-order valence-corrected chi connectivity index (χ4v) is 2.42. The van der Waals surface area contributed by atoms with Gasteiger partial charge in [0, 0.05) is 32.4 Å². The van der Waals surface area contributed by atoms with Gasteiger partial charge in [-0.2, -0.15) is 0 Å². The van der Waals surface area contributed by atoms with E-state index in [4.69, 9.17) is 4.74 Å². The summed E-state index contributed by atoms with van der Waals surface area (Å²) in [5.74, 6) is -0.618. The van der Waals surface area contributed by atoms with E-state index in [0.29, 0.717) is 37.6 Å². The highest BCUT2D eigenvalue weighted by molar-refractivity contribution is 5.94. The minimum absolute atomic E-state index is 0.137. The fraction of sp³-hybridized carbons (Fsp3) is 0.471. The first-order valence-electron chi connectivity index (χ1n) is 7.80. The van der Waals surface area contributed by atoms with Crippen LogP contribution in [0.3, 0.4) is 0 Å². The molecule has 2 heterocycles. The molecule has 0 atom stereocenters. The number of anilines is 1. The summed E-state index contributed by atoms with van der Waals surface area (Å²) in [5, 5.41) is 9.40. The first-order chi connectivity index (χ1) is 11.2. The van der Waals surface area contributed by atoms with Gasteiger partial charge in [-0.05, 0) is 32.4 Å². The Morgan fingerprint density at radius 2 is 1.92 bits per heavy atom. The molecule has 24 heavy (non-hydrogen) atoms. The Morgan fingerprint density at radius 1 is 1.29 bits per heavy atom. The standard InChI is InChI=1S/C17H23N3O4/c1-5-12-10-13(15(21)22)14(18-11-12)19-6-8-20(9-7-19)16(23)24-17(2,3)4/h5,10-11H,1,6-9H2,2-4H3,(H,21,22). The topological polar surface area (TPSA) is 83.0 Å². The van der Waals surface area contributed by atoms with Crippen LogP contribution >= 0.6 is 0 Å². The summed E-state index contributed by atoms with van der Waals surface area (Å²) in [5.41, 5.74) is 0.258. The average molecular weight is 333 g/mol. The molecule has 0 aliphatic carbocycles. The molecular weight excluding hydrogens is 310 g/mol. The smallest absolute Gasteiger partial charge is 0.410 e. The molecule has 0 aromatic carbocycles. The number of carbonyl (C=O) groups excluding carboxylic acids is 1. The van der Waals surface area contributed by atoms with Crippen molar-refractivity contribution in [2.45, 2.75) is 26.4 Å². The lowest BCUT2D eigenvalue weighted by atomic mass is 10.1. The predicted octanol–water partition coefficient (Wildman–Crippen LogP) is 2.48. The number of hydrogen-bond acceptors (Lipinski definition) is 5. The number of rotatable bonds is 3. The molecule has 1 aliphatic rings. The normalized spacial score (nSPS) is 15.1. The molecule has 1 amide bonds. The van der Waals surface area contributed by atoms with Gasteiger partial charge in [0.25, 0.3) is 0 Å². The van der Waals surface area contributed by atoms with Gasteiger partial charge in [-0.3, -0.25) is 0 Å². The van der Waals surface area contributed by atoms with Crippen LogP contribution in [0.25, 0.3) is 6.08 Å². The van der Waals surface area contributed by atoms with Crippen LogP contribution in [-0.4, -0.2) is 58.8 Å². The summed E-state index contributed by atoms with van der Waals surface area (Å²) >= 11 is 0. The Bertz CT molecular complexity index is 644. The van der Waals surface area contributed by atoms with Crippen LogP contribution in [0.2, 0.25) is 0 Å². The summed E-state index contributed by atoms with van der Waals surface area (Å²) < 4.78 is 5.36. The van der Waals surface area contributed by atoms with Crippen molar-refractivity contribution in [3.63, 3.8) is 0 Å². The molecule has 130 valence electrons. The van der Waals surface area contributed by atoms with Crippen LogP contribution in [0, 0.1) is 0 Å². The largest absolute Gasteiger partial charge is 0.478 e. The van der Waals surface area contributed by atoms with Crippen LogP contribution in [0.15, 0.2) is 18.8 Å². The summed E-state index contributed by atoms with van der Waals surface area (Å²) in [7, 11) is 0. The summed E-state index contributed by atoms with van der Waals surface area (Å²) in [4.78, 5) is 31.3. The molecule has 0 saturated carbocycles. The van der Waals surface area contributed by atoms with Crippen LogP contribution in [0.4, 0.5) is 10.6 Å². The molecule has 7 heteroatoms. The Hall–Kier alpha value is -2.57. The van der Waals surface area contributed by atoms with E-state index in [1.54, 1.807) is 23.2 Å². The first-order valence-corrected chi connectivity index (χ1v) is 7.80. The molecule has 0 spiro atoms. The molecule has 1 aromatic rings. The molecule has 1 N–H and O–H groups in total. The fourth-order valence-electron chi connectivity index (χ4n) is 2.42. The zero-order chi connectivity index (χ0) is 17.9. The second-order valence-corrected chi connectivity index (χ2v) is 6.60. The molecule has 1 aromatic heterocycles. The minimum Gasteiger partial charge on any atom is -0.478 e. The van der Waals surface area contributed by atoms with Gasteiger partial charge in [0.1, 0.15) is 17.0 Å². The second-order valence-electron chi connectivity index (χ2n) is 6.60. The molecule has 0 bridgehead atoms. The minimum atomic E-state index is -1.03. The monoisotopic (exact) mass is 333 g/mol. The lowest BCUT2D eigenvalue weighted by Crippen LogP contribution is -2.50. The van der Waals surface area contributed by atoms with Gasteiger partial charge in [-0.25, -0.2) is 14.6 Å². The van der Waals surface area contributed by atoms with Gasteiger partial charge in [-0.15, -0.1) is 0 Å². The molecule has 0 radical (unpaired) electrons. The van der Waals surface area contributed by atoms with Gasteiger partial charge in [0.15, 0.2) is 0 Å². The van der Waals surface area contributed by atoms with Gasteiger partial charge < -0.3 is 19.6 Å². The van der Waals surface area contributed by atoms with E-state index >= 15 is 0 Å². The lowest BCUT2D eigenvalue weighted by molar-refractivity contribution is 0.0239. The van der Waals surface area contributed by atoms with E-state index < -0.39 is 11.6 Å². The highest BCUT2D eigenvalue weighted by Gasteiger charge is 2.28. The van der Waals surface area contributed by atoms with Crippen molar-refractivity contribution >= 4 is 24.0 Å². The van der Waals surface area contributed by atoms with Gasteiger partial charge >= 0.3 is 12.1 Å². The zero-order valence-electron chi connectivity index (χ0n) is 14.3. The van der Waals surface area contributed by atoms with E-state index in [0.717, 1.165) is 0 Å². The molecule has 1 aliphatic heterocycles. The maximum absolute atomic E-state index is 12.1. The van der Waals surface area contributed by atoms with Crippen LogP contribution in [0.1, 0.15) is 36.7 Å². The number of aromatic nitrogens is 1. The molecule has 1 fully saturated rings. The third-order valence-corrected chi connectivity index (χ3v) is 3.58. The van der Waals surface area contributed by atoms with Gasteiger partial charge in [0.2, 0.25) is 0 Å². The third-order valence-electron chi connectivity index (χ3n) is 3.58. The number of carboxylic acid groups (broad SMARTS) is 1. The first kappa shape index (κ1) is 17.8. The molecule has 2 rings (SSSR count).